The van der Waals surface area contributed by atoms with E-state index in [4.69, 9.17) is 0 Å². The van der Waals surface area contributed by atoms with Crippen LogP contribution in [0, 0.1) is 0 Å². The van der Waals surface area contributed by atoms with E-state index in [2.05, 4.69) is 26.2 Å². The van der Waals surface area contributed by atoms with Crippen molar-refractivity contribution in [3.05, 3.63) is 4.60 Å². The van der Waals surface area contributed by atoms with E-state index in [1.807, 2.05) is 0 Å². The lowest BCUT2D eigenvalue weighted by molar-refractivity contribution is 0.0600. The Bertz CT molecular complexity index is 501. The maximum atomic E-state index is 12.4. The fraction of sp³-hybridized carbons (Fsp3) is 0.778. The molecule has 1 heterocycles. The zero-order chi connectivity index (χ0) is 14.1. The lowest BCUT2D eigenvalue weighted by Crippen LogP contribution is -2.42. The fourth-order valence-corrected chi connectivity index (χ4v) is 4.15. The van der Waals surface area contributed by atoms with Crippen molar-refractivity contribution < 1.29 is 13.5 Å². The summed E-state index contributed by atoms with van der Waals surface area (Å²) in [4.78, 5) is 0. The number of rotatable bonds is 5. The fourth-order valence-electron chi connectivity index (χ4n) is 1.52. The Morgan fingerprint density at radius 1 is 1.50 bits per heavy atom. The number of aryl methyl sites for hydroxylation is 1. The van der Waals surface area contributed by atoms with Crippen LogP contribution in [-0.4, -0.2) is 51.5 Å². The van der Waals surface area contributed by atoms with E-state index in [0.29, 0.717) is 0 Å². The Kier molecular flexibility index (Phi) is 4.52. The number of nitrogens with zero attached hydrogens (tertiary/aromatic N) is 4. The number of aromatic nitrogens is 3. The molecule has 0 saturated carbocycles. The van der Waals surface area contributed by atoms with E-state index in [1.165, 1.54) is 16.0 Å². The number of aliphatic hydroxyl groups is 1. The van der Waals surface area contributed by atoms with Gasteiger partial charge in [0.2, 0.25) is 5.03 Å². The van der Waals surface area contributed by atoms with Crippen LogP contribution >= 0.6 is 15.9 Å². The highest BCUT2D eigenvalue weighted by molar-refractivity contribution is 9.10. The molecule has 0 unspecified atom stereocenters. The van der Waals surface area contributed by atoms with Crippen LogP contribution in [0.4, 0.5) is 0 Å². The molecule has 0 amide bonds. The Balaban J connectivity index is 3.20. The first kappa shape index (κ1) is 15.5. The van der Waals surface area contributed by atoms with E-state index >= 15 is 0 Å². The standard InChI is InChI=1S/C9H17BrN4O3S/c1-5-14(6-9(2,3)15)18(16,17)8-7(10)11-12-13(8)4/h15H,5-6H2,1-4H3. The average molecular weight is 341 g/mol. The topological polar surface area (TPSA) is 88.3 Å². The van der Waals surface area contributed by atoms with Gasteiger partial charge in [0.15, 0.2) is 4.60 Å². The first-order chi connectivity index (χ1) is 8.09. The molecule has 0 aromatic carbocycles. The van der Waals surface area contributed by atoms with Gasteiger partial charge in [-0.3, -0.25) is 0 Å². The maximum Gasteiger partial charge on any atom is 0.263 e. The summed E-state index contributed by atoms with van der Waals surface area (Å²) >= 11 is 3.07. The minimum Gasteiger partial charge on any atom is -0.389 e. The molecule has 0 radical (unpaired) electrons. The molecule has 0 fully saturated rings. The van der Waals surface area contributed by atoms with Crippen molar-refractivity contribution in [2.24, 2.45) is 7.05 Å². The molecular formula is C9H17BrN4O3S. The highest BCUT2D eigenvalue weighted by atomic mass is 79.9. The molecule has 1 aromatic heterocycles. The molecule has 9 heteroatoms. The first-order valence-electron chi connectivity index (χ1n) is 5.37. The summed E-state index contributed by atoms with van der Waals surface area (Å²) in [5, 5.41) is 17.0. The molecule has 1 aromatic rings. The lowest BCUT2D eigenvalue weighted by Gasteiger charge is -2.27. The minimum atomic E-state index is -3.74. The Morgan fingerprint density at radius 2 is 2.06 bits per heavy atom. The lowest BCUT2D eigenvalue weighted by atomic mass is 10.1. The Morgan fingerprint density at radius 3 is 2.39 bits per heavy atom. The zero-order valence-electron chi connectivity index (χ0n) is 10.8. The predicted molar refractivity (Wildman–Crippen MR) is 69.4 cm³/mol. The first-order valence-corrected chi connectivity index (χ1v) is 7.60. The van der Waals surface area contributed by atoms with Crippen LogP contribution in [0.5, 0.6) is 0 Å². The molecule has 104 valence electrons. The van der Waals surface area contributed by atoms with Crippen molar-refractivity contribution in [3.63, 3.8) is 0 Å². The van der Waals surface area contributed by atoms with Crippen LogP contribution in [0.2, 0.25) is 0 Å². The molecule has 0 spiro atoms. The quantitative estimate of drug-likeness (QED) is 0.835. The molecule has 18 heavy (non-hydrogen) atoms. The van der Waals surface area contributed by atoms with Crippen LogP contribution in [0.25, 0.3) is 0 Å². The maximum absolute atomic E-state index is 12.4. The summed E-state index contributed by atoms with van der Waals surface area (Å²) in [6, 6.07) is 0. The van der Waals surface area contributed by atoms with E-state index in [0.717, 1.165) is 0 Å². The molecule has 1 N–H and O–H groups in total. The normalized spacial score (nSPS) is 13.3. The van der Waals surface area contributed by atoms with Crippen molar-refractivity contribution in [1.82, 2.24) is 19.3 Å². The van der Waals surface area contributed by atoms with E-state index in [1.54, 1.807) is 20.8 Å². The molecule has 0 aliphatic heterocycles. The van der Waals surface area contributed by atoms with Gasteiger partial charge in [-0.1, -0.05) is 12.1 Å². The van der Waals surface area contributed by atoms with Gasteiger partial charge in [0.05, 0.1) is 5.60 Å². The molecule has 0 saturated heterocycles. The smallest absolute Gasteiger partial charge is 0.263 e. The monoisotopic (exact) mass is 340 g/mol. The van der Waals surface area contributed by atoms with Gasteiger partial charge in [-0.15, -0.1) is 5.10 Å². The third-order valence-corrected chi connectivity index (χ3v) is 5.05. The number of hydrogen-bond acceptors (Lipinski definition) is 5. The zero-order valence-corrected chi connectivity index (χ0v) is 13.2. The molecule has 0 aliphatic carbocycles. The Hall–Kier alpha value is -0.510. The average Bonchev–Trinajstić information content (AvgIpc) is 2.53. The van der Waals surface area contributed by atoms with Gasteiger partial charge >= 0.3 is 0 Å². The second-order valence-corrected chi connectivity index (χ2v) is 7.16. The van der Waals surface area contributed by atoms with Gasteiger partial charge in [0.1, 0.15) is 0 Å². The van der Waals surface area contributed by atoms with Gasteiger partial charge in [-0.25, -0.2) is 13.1 Å². The predicted octanol–water partition coefficient (Wildman–Crippen LogP) is 0.359. The number of hydrogen-bond donors (Lipinski definition) is 1. The molecule has 0 aliphatic rings. The van der Waals surface area contributed by atoms with E-state index in [-0.39, 0.29) is 22.7 Å². The van der Waals surface area contributed by atoms with Crippen molar-refractivity contribution in [3.8, 4) is 0 Å². The molecule has 0 bridgehead atoms. The highest BCUT2D eigenvalue weighted by Gasteiger charge is 2.33. The number of likely N-dealkylation sites (N-methyl/N-ethyl adjacent to an activating group) is 1. The van der Waals surface area contributed by atoms with Crippen LogP contribution in [0.1, 0.15) is 20.8 Å². The molecule has 1 rings (SSSR count). The van der Waals surface area contributed by atoms with Gasteiger partial charge in [0.25, 0.3) is 10.0 Å². The minimum absolute atomic E-state index is 0.00343. The summed E-state index contributed by atoms with van der Waals surface area (Å²) in [6.07, 6.45) is 0. The number of halogens is 1. The number of sulfonamides is 1. The van der Waals surface area contributed by atoms with Crippen molar-refractivity contribution in [2.45, 2.75) is 31.4 Å². The van der Waals surface area contributed by atoms with Crippen LogP contribution in [0.3, 0.4) is 0 Å². The van der Waals surface area contributed by atoms with Gasteiger partial charge < -0.3 is 5.11 Å². The van der Waals surface area contributed by atoms with Crippen molar-refractivity contribution in [1.29, 1.82) is 0 Å². The van der Waals surface area contributed by atoms with Crippen LogP contribution < -0.4 is 0 Å². The third kappa shape index (κ3) is 3.28. The van der Waals surface area contributed by atoms with Gasteiger partial charge in [-0.05, 0) is 29.8 Å². The van der Waals surface area contributed by atoms with Gasteiger partial charge in [-0.2, -0.15) is 4.31 Å². The van der Waals surface area contributed by atoms with Crippen LogP contribution in [0.15, 0.2) is 9.63 Å². The summed E-state index contributed by atoms with van der Waals surface area (Å²) in [5.74, 6) is 0. The SMILES string of the molecule is CCN(CC(C)(C)O)S(=O)(=O)c1c(Br)nnn1C. The third-order valence-electron chi connectivity index (χ3n) is 2.24. The summed E-state index contributed by atoms with van der Waals surface area (Å²) in [7, 11) is -2.24. The summed E-state index contributed by atoms with van der Waals surface area (Å²) in [6.45, 7) is 5.08. The Labute approximate surface area is 115 Å². The molecular weight excluding hydrogens is 324 g/mol. The molecule has 0 atom stereocenters. The van der Waals surface area contributed by atoms with Crippen molar-refractivity contribution in [2.75, 3.05) is 13.1 Å². The van der Waals surface area contributed by atoms with Crippen LogP contribution in [-0.2, 0) is 17.1 Å². The second-order valence-electron chi connectivity index (χ2n) is 4.55. The van der Waals surface area contributed by atoms with E-state index in [9.17, 15) is 13.5 Å². The van der Waals surface area contributed by atoms with E-state index < -0.39 is 15.6 Å². The summed E-state index contributed by atoms with van der Waals surface area (Å²) < 4.78 is 27.4. The largest absolute Gasteiger partial charge is 0.389 e. The van der Waals surface area contributed by atoms with Crippen molar-refractivity contribution >= 4 is 26.0 Å². The highest BCUT2D eigenvalue weighted by Crippen LogP contribution is 2.23. The second kappa shape index (κ2) is 5.24. The van der Waals surface area contributed by atoms with Gasteiger partial charge in [0, 0.05) is 20.1 Å². The molecule has 7 nitrogen and oxygen atoms in total. The summed E-state index contributed by atoms with van der Waals surface area (Å²) in [5.41, 5.74) is -1.11.